The third-order valence-corrected chi connectivity index (χ3v) is 5.91. The number of nitrogens with zero attached hydrogens (tertiary/aromatic N) is 2. The van der Waals surface area contributed by atoms with Crippen LogP contribution in [0, 0.1) is 0 Å². The molecule has 1 amide bonds. The second-order valence-electron chi connectivity index (χ2n) is 8.70. The van der Waals surface area contributed by atoms with Crippen LogP contribution in [0.25, 0.3) is 0 Å². The van der Waals surface area contributed by atoms with Crippen LogP contribution in [0.3, 0.4) is 0 Å². The van der Waals surface area contributed by atoms with Gasteiger partial charge in [-0.25, -0.2) is 0 Å². The molecule has 1 aromatic carbocycles. The number of amides is 1. The Morgan fingerprint density at radius 1 is 1.19 bits per heavy atom. The summed E-state index contributed by atoms with van der Waals surface area (Å²) < 4.78 is 22.1. The second-order valence-corrected chi connectivity index (χ2v) is 8.70. The van der Waals surface area contributed by atoms with E-state index in [0.29, 0.717) is 62.2 Å². The quantitative estimate of drug-likeness (QED) is 0.282. The van der Waals surface area contributed by atoms with E-state index in [2.05, 4.69) is 6.58 Å². The third kappa shape index (κ3) is 6.66. The number of ether oxygens (including phenoxy) is 3. The molecule has 1 aromatic heterocycles. The van der Waals surface area contributed by atoms with Crippen LogP contribution in [0.15, 0.2) is 45.6 Å². The summed E-state index contributed by atoms with van der Waals surface area (Å²) in [5.74, 6) is -0.729. The molecule has 1 aliphatic rings. The Morgan fingerprint density at radius 3 is 2.53 bits per heavy atom. The fraction of sp³-hybridized carbons (Fsp3) is 0.423. The molecule has 2 aromatic rings. The van der Waals surface area contributed by atoms with E-state index in [4.69, 9.17) is 18.6 Å². The lowest BCUT2D eigenvalue weighted by Gasteiger charge is -2.32. The minimum absolute atomic E-state index is 0.0351. The standard InChI is InChI=1S/C26H32N2O8/c1-17(2)15-35-22-6-5-18(11-23(22)33-3)20(13-24(31)34-4)26-25(32)21(30)12-19(36-26)14-27-7-9-28(16-29)10-8-27/h5-6,11-12,16,20,32H,1,7-10,13-15H2,2-4H3/t20-/m0/s1. The highest BCUT2D eigenvalue weighted by Crippen LogP contribution is 2.38. The summed E-state index contributed by atoms with van der Waals surface area (Å²) in [6.07, 6.45) is 0.639. The SMILES string of the molecule is C=C(C)COc1ccc([C@H](CC(=O)OC)c2oc(CN3CCN(C=O)CC3)cc(=O)c2O)cc1OC. The molecule has 36 heavy (non-hydrogen) atoms. The largest absolute Gasteiger partial charge is 0.502 e. The highest BCUT2D eigenvalue weighted by Gasteiger charge is 2.28. The molecule has 0 bridgehead atoms. The van der Waals surface area contributed by atoms with Crippen LogP contribution in [0.5, 0.6) is 17.2 Å². The van der Waals surface area contributed by atoms with Gasteiger partial charge in [-0.05, 0) is 30.2 Å². The fourth-order valence-electron chi connectivity index (χ4n) is 3.95. The van der Waals surface area contributed by atoms with E-state index < -0.39 is 23.1 Å². The summed E-state index contributed by atoms with van der Waals surface area (Å²) in [7, 11) is 2.75. The first-order valence-electron chi connectivity index (χ1n) is 11.5. The molecule has 3 rings (SSSR count). The van der Waals surface area contributed by atoms with Gasteiger partial charge in [0, 0.05) is 32.2 Å². The molecule has 0 saturated carbocycles. The Labute approximate surface area is 209 Å². The number of methoxy groups -OCH3 is 2. The van der Waals surface area contributed by atoms with Gasteiger partial charge in [0.25, 0.3) is 0 Å². The van der Waals surface area contributed by atoms with Crippen molar-refractivity contribution in [3.05, 3.63) is 63.7 Å². The third-order valence-electron chi connectivity index (χ3n) is 5.91. The summed E-state index contributed by atoms with van der Waals surface area (Å²) >= 11 is 0. The van der Waals surface area contributed by atoms with Crippen LogP contribution in [0.2, 0.25) is 0 Å². The van der Waals surface area contributed by atoms with Gasteiger partial charge in [-0.15, -0.1) is 0 Å². The number of rotatable bonds is 11. The smallest absolute Gasteiger partial charge is 0.306 e. The zero-order chi connectivity index (χ0) is 26.2. The summed E-state index contributed by atoms with van der Waals surface area (Å²) in [5.41, 5.74) is 0.789. The van der Waals surface area contributed by atoms with Gasteiger partial charge in [0.15, 0.2) is 17.3 Å². The maximum Gasteiger partial charge on any atom is 0.306 e. The number of aromatic hydroxyl groups is 1. The lowest BCUT2D eigenvalue weighted by molar-refractivity contribution is -0.141. The number of esters is 1. The van der Waals surface area contributed by atoms with Crippen molar-refractivity contribution in [3.63, 3.8) is 0 Å². The van der Waals surface area contributed by atoms with Crippen molar-refractivity contribution >= 4 is 12.4 Å². The van der Waals surface area contributed by atoms with Crippen molar-refractivity contribution < 1.29 is 33.3 Å². The van der Waals surface area contributed by atoms with E-state index in [1.807, 2.05) is 11.8 Å². The highest BCUT2D eigenvalue weighted by molar-refractivity contribution is 5.71. The Morgan fingerprint density at radius 2 is 1.92 bits per heavy atom. The van der Waals surface area contributed by atoms with Crippen LogP contribution >= 0.6 is 0 Å². The zero-order valence-corrected chi connectivity index (χ0v) is 20.8. The maximum absolute atomic E-state index is 12.7. The van der Waals surface area contributed by atoms with Crippen LogP contribution in [0.4, 0.5) is 0 Å². The number of piperazine rings is 1. The monoisotopic (exact) mass is 500 g/mol. The molecule has 1 N–H and O–H groups in total. The molecular formula is C26H32N2O8. The highest BCUT2D eigenvalue weighted by atomic mass is 16.5. The van der Waals surface area contributed by atoms with Crippen LogP contribution in [0.1, 0.15) is 36.3 Å². The van der Waals surface area contributed by atoms with Crippen LogP contribution in [-0.4, -0.2) is 74.3 Å². The van der Waals surface area contributed by atoms with E-state index >= 15 is 0 Å². The van der Waals surface area contributed by atoms with Crippen molar-refractivity contribution in [2.24, 2.45) is 0 Å². The average Bonchev–Trinajstić information content (AvgIpc) is 2.88. The van der Waals surface area contributed by atoms with E-state index in [1.165, 1.54) is 20.3 Å². The predicted octanol–water partition coefficient (Wildman–Crippen LogP) is 2.28. The summed E-state index contributed by atoms with van der Waals surface area (Å²) in [4.78, 5) is 39.7. The molecule has 194 valence electrons. The molecule has 10 heteroatoms. The Hall–Kier alpha value is -3.79. The van der Waals surface area contributed by atoms with E-state index in [-0.39, 0.29) is 12.2 Å². The molecule has 1 atom stereocenters. The van der Waals surface area contributed by atoms with Crippen molar-refractivity contribution in [1.29, 1.82) is 0 Å². The molecule has 0 spiro atoms. The van der Waals surface area contributed by atoms with Crippen molar-refractivity contribution in [2.75, 3.05) is 47.0 Å². The van der Waals surface area contributed by atoms with Gasteiger partial charge in [0.1, 0.15) is 12.4 Å². The van der Waals surface area contributed by atoms with Gasteiger partial charge in [-0.3, -0.25) is 19.3 Å². The first kappa shape index (κ1) is 26.8. The summed E-state index contributed by atoms with van der Waals surface area (Å²) in [6.45, 7) is 8.67. The van der Waals surface area contributed by atoms with Gasteiger partial charge in [0.2, 0.25) is 17.6 Å². The lowest BCUT2D eigenvalue weighted by Crippen LogP contribution is -2.45. The molecule has 10 nitrogen and oxygen atoms in total. The predicted molar refractivity (Wildman–Crippen MR) is 131 cm³/mol. The van der Waals surface area contributed by atoms with E-state index in [0.717, 1.165) is 12.0 Å². The van der Waals surface area contributed by atoms with E-state index in [1.54, 1.807) is 23.1 Å². The van der Waals surface area contributed by atoms with Gasteiger partial charge in [-0.2, -0.15) is 0 Å². The van der Waals surface area contributed by atoms with Gasteiger partial charge < -0.3 is 28.6 Å². The maximum atomic E-state index is 12.7. The Balaban J connectivity index is 1.97. The van der Waals surface area contributed by atoms with Gasteiger partial charge in [-0.1, -0.05) is 12.6 Å². The number of carbonyl (C=O) groups is 2. The first-order chi connectivity index (χ1) is 17.2. The second kappa shape index (κ2) is 12.3. The summed E-state index contributed by atoms with van der Waals surface area (Å²) in [6, 6.07) is 6.32. The Bertz CT molecular complexity index is 1150. The minimum atomic E-state index is -0.818. The molecule has 0 aliphatic carbocycles. The topological polar surface area (TPSA) is 119 Å². The molecular weight excluding hydrogens is 468 g/mol. The summed E-state index contributed by atoms with van der Waals surface area (Å²) in [5, 5.41) is 10.7. The number of hydrogen-bond donors (Lipinski definition) is 1. The minimum Gasteiger partial charge on any atom is -0.502 e. The van der Waals surface area contributed by atoms with Crippen LogP contribution < -0.4 is 14.9 Å². The van der Waals surface area contributed by atoms with E-state index in [9.17, 15) is 19.5 Å². The van der Waals surface area contributed by atoms with Gasteiger partial charge in [0.05, 0.1) is 33.1 Å². The number of hydrogen-bond acceptors (Lipinski definition) is 9. The number of benzene rings is 1. The molecule has 1 saturated heterocycles. The molecule has 1 aliphatic heterocycles. The molecule has 1 fully saturated rings. The Kier molecular flexibility index (Phi) is 9.13. The zero-order valence-electron chi connectivity index (χ0n) is 20.8. The lowest BCUT2D eigenvalue weighted by atomic mass is 9.91. The fourth-order valence-corrected chi connectivity index (χ4v) is 3.95. The molecule has 2 heterocycles. The molecule has 0 radical (unpaired) electrons. The number of carbonyl (C=O) groups excluding carboxylic acids is 2. The normalized spacial score (nSPS) is 14.7. The van der Waals surface area contributed by atoms with Crippen molar-refractivity contribution in [3.8, 4) is 17.2 Å². The molecule has 0 unspecified atom stereocenters. The van der Waals surface area contributed by atoms with Crippen LogP contribution in [-0.2, 0) is 20.9 Å². The van der Waals surface area contributed by atoms with Crippen molar-refractivity contribution in [1.82, 2.24) is 9.80 Å². The first-order valence-corrected chi connectivity index (χ1v) is 11.5. The average molecular weight is 501 g/mol. The van der Waals surface area contributed by atoms with Gasteiger partial charge >= 0.3 is 5.97 Å². The van der Waals surface area contributed by atoms with Crippen molar-refractivity contribution in [2.45, 2.75) is 25.8 Å².